The van der Waals surface area contributed by atoms with Crippen LogP contribution in [0.2, 0.25) is 0 Å². The third kappa shape index (κ3) is 4.67. The highest BCUT2D eigenvalue weighted by molar-refractivity contribution is 5.95. The minimum absolute atomic E-state index is 0.139. The van der Waals surface area contributed by atoms with Crippen LogP contribution in [0.15, 0.2) is 24.3 Å². The number of nitrogens with zero attached hydrogens (tertiary/aromatic N) is 1. The molecule has 0 aliphatic heterocycles. The maximum atomic E-state index is 12.7. The predicted octanol–water partition coefficient (Wildman–Crippen LogP) is 2.70. The van der Waals surface area contributed by atoms with Crippen LogP contribution in [-0.4, -0.2) is 30.4 Å². The first-order valence-corrected chi connectivity index (χ1v) is 7.17. The van der Waals surface area contributed by atoms with Crippen molar-refractivity contribution in [3.63, 3.8) is 0 Å². The van der Waals surface area contributed by atoms with Crippen LogP contribution in [0, 0.1) is 5.92 Å². The molecule has 1 aromatic rings. The smallest absolute Gasteiger partial charge is 0.254 e. The summed E-state index contributed by atoms with van der Waals surface area (Å²) in [5.41, 5.74) is 7.52. The first-order chi connectivity index (χ1) is 9.10. The van der Waals surface area contributed by atoms with Gasteiger partial charge in [0.1, 0.15) is 0 Å². The van der Waals surface area contributed by atoms with Gasteiger partial charge in [-0.2, -0.15) is 0 Å². The van der Waals surface area contributed by atoms with Gasteiger partial charge in [0.15, 0.2) is 0 Å². The standard InChI is InChI=1S/C16H26N2O/c1-4-14-8-5-6-9-15(14)16(19)18(11-7-10-17)12-13(2)3/h5-6,8-9,13H,4,7,10-12,17H2,1-3H3. The molecule has 2 N–H and O–H groups in total. The number of carbonyl (C=O) groups is 1. The van der Waals surface area contributed by atoms with E-state index in [4.69, 9.17) is 5.73 Å². The lowest BCUT2D eigenvalue weighted by molar-refractivity contribution is 0.0734. The number of carbonyl (C=O) groups excluding carboxylic acids is 1. The molecular weight excluding hydrogens is 236 g/mol. The lowest BCUT2D eigenvalue weighted by Gasteiger charge is -2.25. The quantitative estimate of drug-likeness (QED) is 0.821. The first-order valence-electron chi connectivity index (χ1n) is 7.17. The van der Waals surface area contributed by atoms with Crippen molar-refractivity contribution in [2.24, 2.45) is 11.7 Å². The van der Waals surface area contributed by atoms with Gasteiger partial charge in [0.2, 0.25) is 0 Å². The molecule has 106 valence electrons. The second kappa shape index (κ2) is 7.95. The van der Waals surface area contributed by atoms with Crippen LogP contribution < -0.4 is 5.73 Å². The molecule has 0 heterocycles. The maximum absolute atomic E-state index is 12.7. The molecule has 1 amide bonds. The molecule has 0 bridgehead atoms. The Morgan fingerprint density at radius 1 is 1.32 bits per heavy atom. The molecule has 0 atom stereocenters. The maximum Gasteiger partial charge on any atom is 0.254 e. The molecule has 0 fully saturated rings. The number of benzene rings is 1. The molecule has 0 radical (unpaired) electrons. The Morgan fingerprint density at radius 3 is 2.58 bits per heavy atom. The van der Waals surface area contributed by atoms with Crippen molar-refractivity contribution in [1.29, 1.82) is 0 Å². The molecule has 1 aromatic carbocycles. The summed E-state index contributed by atoms with van der Waals surface area (Å²) in [5, 5.41) is 0. The molecule has 3 nitrogen and oxygen atoms in total. The topological polar surface area (TPSA) is 46.3 Å². The summed E-state index contributed by atoms with van der Waals surface area (Å²) in [4.78, 5) is 14.6. The van der Waals surface area contributed by atoms with Gasteiger partial charge in [0, 0.05) is 18.7 Å². The predicted molar refractivity (Wildman–Crippen MR) is 80.2 cm³/mol. The van der Waals surface area contributed by atoms with Crippen LogP contribution in [0.3, 0.4) is 0 Å². The Balaban J connectivity index is 2.90. The van der Waals surface area contributed by atoms with E-state index in [1.165, 1.54) is 0 Å². The molecular formula is C16H26N2O. The van der Waals surface area contributed by atoms with Crippen molar-refractivity contribution in [1.82, 2.24) is 4.90 Å². The van der Waals surface area contributed by atoms with Gasteiger partial charge in [-0.05, 0) is 36.9 Å². The zero-order valence-corrected chi connectivity index (χ0v) is 12.4. The first kappa shape index (κ1) is 15.7. The third-order valence-electron chi connectivity index (χ3n) is 3.13. The summed E-state index contributed by atoms with van der Waals surface area (Å²) in [7, 11) is 0. The van der Waals surface area contributed by atoms with Crippen molar-refractivity contribution in [3.8, 4) is 0 Å². The molecule has 0 aromatic heterocycles. The number of rotatable bonds is 7. The summed E-state index contributed by atoms with van der Waals surface area (Å²) in [6.45, 7) is 8.50. The van der Waals surface area contributed by atoms with E-state index in [0.29, 0.717) is 12.5 Å². The highest BCUT2D eigenvalue weighted by atomic mass is 16.2. The molecule has 0 unspecified atom stereocenters. The van der Waals surface area contributed by atoms with Gasteiger partial charge in [-0.3, -0.25) is 4.79 Å². The summed E-state index contributed by atoms with van der Waals surface area (Å²) < 4.78 is 0. The summed E-state index contributed by atoms with van der Waals surface area (Å²) >= 11 is 0. The Bertz CT molecular complexity index is 401. The lowest BCUT2D eigenvalue weighted by Crippen LogP contribution is -2.36. The van der Waals surface area contributed by atoms with Gasteiger partial charge >= 0.3 is 0 Å². The molecule has 0 saturated carbocycles. The summed E-state index contributed by atoms with van der Waals surface area (Å²) in [6, 6.07) is 7.88. The Labute approximate surface area is 116 Å². The van der Waals surface area contributed by atoms with E-state index in [1.807, 2.05) is 29.2 Å². The van der Waals surface area contributed by atoms with Gasteiger partial charge in [-0.1, -0.05) is 39.0 Å². The zero-order valence-electron chi connectivity index (χ0n) is 12.4. The van der Waals surface area contributed by atoms with Crippen LogP contribution in [0.4, 0.5) is 0 Å². The number of hydrogen-bond donors (Lipinski definition) is 1. The van der Waals surface area contributed by atoms with Crippen molar-refractivity contribution >= 4 is 5.91 Å². The van der Waals surface area contributed by atoms with E-state index >= 15 is 0 Å². The second-order valence-electron chi connectivity index (χ2n) is 5.30. The largest absolute Gasteiger partial charge is 0.338 e. The minimum Gasteiger partial charge on any atom is -0.338 e. The van der Waals surface area contributed by atoms with Gasteiger partial charge in [-0.15, -0.1) is 0 Å². The monoisotopic (exact) mass is 262 g/mol. The van der Waals surface area contributed by atoms with Gasteiger partial charge < -0.3 is 10.6 Å². The van der Waals surface area contributed by atoms with E-state index in [-0.39, 0.29) is 5.91 Å². The van der Waals surface area contributed by atoms with Crippen LogP contribution in [0.25, 0.3) is 0 Å². The Morgan fingerprint density at radius 2 is 2.00 bits per heavy atom. The molecule has 1 rings (SSSR count). The number of hydrogen-bond acceptors (Lipinski definition) is 2. The Kier molecular flexibility index (Phi) is 6.57. The molecule has 0 aliphatic carbocycles. The van der Waals surface area contributed by atoms with Crippen LogP contribution >= 0.6 is 0 Å². The molecule has 0 spiro atoms. The molecule has 0 saturated heterocycles. The highest BCUT2D eigenvalue weighted by Crippen LogP contribution is 2.14. The minimum atomic E-state index is 0.139. The fourth-order valence-electron chi connectivity index (χ4n) is 2.21. The van der Waals surface area contributed by atoms with Gasteiger partial charge in [0.05, 0.1) is 0 Å². The van der Waals surface area contributed by atoms with E-state index in [0.717, 1.165) is 37.1 Å². The SMILES string of the molecule is CCc1ccccc1C(=O)N(CCCN)CC(C)C. The molecule has 3 heteroatoms. The van der Waals surface area contributed by atoms with Gasteiger partial charge in [0.25, 0.3) is 5.91 Å². The zero-order chi connectivity index (χ0) is 14.3. The van der Waals surface area contributed by atoms with E-state index in [1.54, 1.807) is 0 Å². The van der Waals surface area contributed by atoms with Crippen LogP contribution in [-0.2, 0) is 6.42 Å². The highest BCUT2D eigenvalue weighted by Gasteiger charge is 2.18. The number of aryl methyl sites for hydroxylation is 1. The van der Waals surface area contributed by atoms with Gasteiger partial charge in [-0.25, -0.2) is 0 Å². The number of nitrogens with two attached hydrogens (primary N) is 1. The molecule has 0 aliphatic rings. The van der Waals surface area contributed by atoms with Crippen molar-refractivity contribution in [2.75, 3.05) is 19.6 Å². The summed E-state index contributed by atoms with van der Waals surface area (Å²) in [6.07, 6.45) is 1.74. The summed E-state index contributed by atoms with van der Waals surface area (Å²) in [5.74, 6) is 0.607. The van der Waals surface area contributed by atoms with Crippen LogP contribution in [0.1, 0.15) is 43.1 Å². The average Bonchev–Trinajstić information content (AvgIpc) is 2.42. The van der Waals surface area contributed by atoms with Crippen molar-refractivity contribution in [3.05, 3.63) is 35.4 Å². The van der Waals surface area contributed by atoms with Crippen LogP contribution in [0.5, 0.6) is 0 Å². The molecule has 19 heavy (non-hydrogen) atoms. The third-order valence-corrected chi connectivity index (χ3v) is 3.13. The van der Waals surface area contributed by atoms with E-state index < -0.39 is 0 Å². The fraction of sp³-hybridized carbons (Fsp3) is 0.562. The lowest BCUT2D eigenvalue weighted by atomic mass is 10.0. The fourth-order valence-corrected chi connectivity index (χ4v) is 2.21. The average molecular weight is 262 g/mol. The van der Waals surface area contributed by atoms with E-state index in [9.17, 15) is 4.79 Å². The van der Waals surface area contributed by atoms with Crippen molar-refractivity contribution < 1.29 is 4.79 Å². The Hall–Kier alpha value is -1.35. The normalized spacial score (nSPS) is 10.8. The van der Waals surface area contributed by atoms with Crippen molar-refractivity contribution in [2.45, 2.75) is 33.6 Å². The number of amides is 1. The van der Waals surface area contributed by atoms with E-state index in [2.05, 4.69) is 20.8 Å². The second-order valence-corrected chi connectivity index (χ2v) is 5.30.